The summed E-state index contributed by atoms with van der Waals surface area (Å²) in [6.45, 7) is 9.14. The van der Waals surface area contributed by atoms with Gasteiger partial charge in [-0.1, -0.05) is 31.5 Å². The zero-order chi connectivity index (χ0) is 23.6. The minimum Gasteiger partial charge on any atom is -0.425 e. The predicted molar refractivity (Wildman–Crippen MR) is 122 cm³/mol. The molecule has 1 heterocycles. The van der Waals surface area contributed by atoms with Gasteiger partial charge in [-0.15, -0.1) is 0 Å². The number of benzene rings is 2. The first kappa shape index (κ1) is 23.7. The quantitative estimate of drug-likeness (QED) is 0.327. The van der Waals surface area contributed by atoms with Crippen LogP contribution in [0.2, 0.25) is 0 Å². The van der Waals surface area contributed by atoms with Crippen molar-refractivity contribution < 1.29 is 22.4 Å². The SMILES string of the molecule is Cc1ccc(S(=O)(=O)NC(CC(C)C)C(=O)Oc2cc(C)cc3oc(=O)cc(C)c23)cc1. The molecule has 1 atom stereocenters. The van der Waals surface area contributed by atoms with Crippen LogP contribution in [0.4, 0.5) is 0 Å². The molecule has 0 radical (unpaired) electrons. The molecule has 3 rings (SSSR count). The van der Waals surface area contributed by atoms with Crippen molar-refractivity contribution in [3.05, 3.63) is 69.6 Å². The van der Waals surface area contributed by atoms with Gasteiger partial charge >= 0.3 is 11.6 Å². The minimum atomic E-state index is -3.93. The van der Waals surface area contributed by atoms with Gasteiger partial charge in [0.1, 0.15) is 17.4 Å². The maximum atomic E-state index is 13.1. The Balaban J connectivity index is 1.95. The van der Waals surface area contributed by atoms with E-state index in [0.717, 1.165) is 11.1 Å². The third kappa shape index (κ3) is 5.44. The number of esters is 1. The van der Waals surface area contributed by atoms with Crippen molar-refractivity contribution in [2.24, 2.45) is 5.92 Å². The molecule has 0 spiro atoms. The van der Waals surface area contributed by atoms with Gasteiger partial charge in [-0.05, 0) is 68.5 Å². The minimum absolute atomic E-state index is 0.0299. The van der Waals surface area contributed by atoms with Gasteiger partial charge in [0.25, 0.3) is 0 Å². The molecule has 3 aromatic rings. The second-order valence-electron chi connectivity index (χ2n) is 8.42. The van der Waals surface area contributed by atoms with Crippen LogP contribution in [0.5, 0.6) is 5.75 Å². The van der Waals surface area contributed by atoms with E-state index in [1.54, 1.807) is 38.1 Å². The summed E-state index contributed by atoms with van der Waals surface area (Å²) in [7, 11) is -3.93. The highest BCUT2D eigenvalue weighted by Crippen LogP contribution is 2.30. The summed E-state index contributed by atoms with van der Waals surface area (Å²) < 4.78 is 39.2. The van der Waals surface area contributed by atoms with Gasteiger partial charge in [-0.2, -0.15) is 4.72 Å². The van der Waals surface area contributed by atoms with Crippen LogP contribution in [0.3, 0.4) is 0 Å². The third-order valence-electron chi connectivity index (χ3n) is 4.98. The van der Waals surface area contributed by atoms with Crippen molar-refractivity contribution >= 4 is 27.0 Å². The molecule has 7 nitrogen and oxygen atoms in total. The number of nitrogens with one attached hydrogen (secondary N) is 1. The van der Waals surface area contributed by atoms with E-state index < -0.39 is 27.7 Å². The molecule has 0 aliphatic heterocycles. The number of hydrogen-bond acceptors (Lipinski definition) is 6. The molecular formula is C24H27NO6S. The standard InChI is InChI=1S/C24H27NO6S/c1-14(2)10-19(25-32(28,29)18-8-6-15(3)7-9-18)24(27)31-21-12-16(4)11-20-23(21)17(5)13-22(26)30-20/h6-9,11-14,19,25H,10H2,1-5H3. The fourth-order valence-electron chi connectivity index (χ4n) is 3.47. The highest BCUT2D eigenvalue weighted by molar-refractivity contribution is 7.89. The van der Waals surface area contributed by atoms with Crippen LogP contribution >= 0.6 is 0 Å². The summed E-state index contributed by atoms with van der Waals surface area (Å²) in [4.78, 5) is 24.9. The van der Waals surface area contributed by atoms with Gasteiger partial charge < -0.3 is 9.15 Å². The summed E-state index contributed by atoms with van der Waals surface area (Å²) in [5.41, 5.74) is 2.06. The first-order valence-corrected chi connectivity index (χ1v) is 11.8. The third-order valence-corrected chi connectivity index (χ3v) is 6.47. The molecule has 0 fully saturated rings. The van der Waals surface area contributed by atoms with Crippen molar-refractivity contribution in [1.29, 1.82) is 0 Å². The van der Waals surface area contributed by atoms with Gasteiger partial charge in [0.2, 0.25) is 10.0 Å². The van der Waals surface area contributed by atoms with E-state index in [2.05, 4.69) is 4.72 Å². The highest BCUT2D eigenvalue weighted by atomic mass is 32.2. The molecule has 0 saturated heterocycles. The van der Waals surface area contributed by atoms with E-state index >= 15 is 0 Å². The smallest absolute Gasteiger partial charge is 0.336 e. The lowest BCUT2D eigenvalue weighted by Crippen LogP contribution is -2.43. The first-order valence-electron chi connectivity index (χ1n) is 10.3. The molecule has 8 heteroatoms. The fourth-order valence-corrected chi connectivity index (χ4v) is 4.67. The van der Waals surface area contributed by atoms with Crippen molar-refractivity contribution in [2.45, 2.75) is 52.0 Å². The van der Waals surface area contributed by atoms with Gasteiger partial charge in [0.05, 0.1) is 10.3 Å². The zero-order valence-corrected chi connectivity index (χ0v) is 19.6. The first-order chi connectivity index (χ1) is 15.0. The Morgan fingerprint density at radius 3 is 2.31 bits per heavy atom. The largest absolute Gasteiger partial charge is 0.425 e. The van der Waals surface area contributed by atoms with Crippen LogP contribution < -0.4 is 15.1 Å². The van der Waals surface area contributed by atoms with Gasteiger partial charge in [0.15, 0.2) is 0 Å². The molecule has 0 aliphatic carbocycles. The second-order valence-corrected chi connectivity index (χ2v) is 10.1. The van der Waals surface area contributed by atoms with E-state index in [4.69, 9.17) is 9.15 Å². The molecule has 0 bridgehead atoms. The van der Waals surface area contributed by atoms with Gasteiger partial charge in [0, 0.05) is 6.07 Å². The monoisotopic (exact) mass is 457 g/mol. The molecule has 0 amide bonds. The summed E-state index contributed by atoms with van der Waals surface area (Å²) in [6.07, 6.45) is 0.252. The van der Waals surface area contributed by atoms with Crippen molar-refractivity contribution in [1.82, 2.24) is 4.72 Å². The lowest BCUT2D eigenvalue weighted by Gasteiger charge is -2.20. The number of ether oxygens (including phenoxy) is 1. The number of rotatable bonds is 7. The van der Waals surface area contributed by atoms with Crippen molar-refractivity contribution in [3.8, 4) is 5.75 Å². The fraction of sp³-hybridized carbons (Fsp3) is 0.333. The van der Waals surface area contributed by atoms with E-state index in [0.29, 0.717) is 16.5 Å². The molecule has 2 aromatic carbocycles. The summed E-state index contributed by atoms with van der Waals surface area (Å²) in [5.74, 6) is -0.483. The average Bonchev–Trinajstić information content (AvgIpc) is 2.66. The van der Waals surface area contributed by atoms with Gasteiger partial charge in [-0.25, -0.2) is 18.0 Å². The Morgan fingerprint density at radius 2 is 1.69 bits per heavy atom. The Labute approximate surface area is 187 Å². The van der Waals surface area contributed by atoms with Crippen LogP contribution in [0, 0.1) is 26.7 Å². The van der Waals surface area contributed by atoms with Gasteiger partial charge in [-0.3, -0.25) is 0 Å². The van der Waals surface area contributed by atoms with E-state index in [1.165, 1.54) is 18.2 Å². The Morgan fingerprint density at radius 1 is 1.03 bits per heavy atom. The second kappa shape index (κ2) is 9.26. The lowest BCUT2D eigenvalue weighted by molar-refractivity contribution is -0.136. The molecule has 0 saturated carbocycles. The van der Waals surface area contributed by atoms with Crippen LogP contribution in [-0.4, -0.2) is 20.4 Å². The van der Waals surface area contributed by atoms with Crippen LogP contribution in [0.1, 0.15) is 37.0 Å². The van der Waals surface area contributed by atoms with Crippen molar-refractivity contribution in [2.75, 3.05) is 0 Å². The van der Waals surface area contributed by atoms with Crippen LogP contribution in [0.25, 0.3) is 11.0 Å². The normalized spacial score (nSPS) is 12.8. The number of carbonyl (C=O) groups excluding carboxylic acids is 1. The molecule has 1 aromatic heterocycles. The molecule has 1 unspecified atom stereocenters. The van der Waals surface area contributed by atoms with E-state index in [9.17, 15) is 18.0 Å². The predicted octanol–water partition coefficient (Wildman–Crippen LogP) is 4.02. The van der Waals surface area contributed by atoms with Crippen molar-refractivity contribution in [3.63, 3.8) is 0 Å². The van der Waals surface area contributed by atoms with E-state index in [-0.39, 0.29) is 23.0 Å². The lowest BCUT2D eigenvalue weighted by atomic mass is 10.0. The number of hydrogen-bond donors (Lipinski definition) is 1. The summed E-state index contributed by atoms with van der Waals surface area (Å²) >= 11 is 0. The molecule has 1 N–H and O–H groups in total. The molecule has 32 heavy (non-hydrogen) atoms. The molecule has 0 aliphatic rings. The summed E-state index contributed by atoms with van der Waals surface area (Å²) in [6, 6.07) is 9.96. The number of aryl methyl sites for hydroxylation is 3. The topological polar surface area (TPSA) is 103 Å². The Kier molecular flexibility index (Phi) is 6.85. The number of fused-ring (bicyclic) bond motifs is 1. The summed E-state index contributed by atoms with van der Waals surface area (Å²) in [5, 5.41) is 0.494. The number of carbonyl (C=O) groups is 1. The average molecular weight is 458 g/mol. The zero-order valence-electron chi connectivity index (χ0n) is 18.8. The maximum Gasteiger partial charge on any atom is 0.336 e. The van der Waals surface area contributed by atoms with Crippen LogP contribution in [-0.2, 0) is 14.8 Å². The maximum absolute atomic E-state index is 13.1. The molecular weight excluding hydrogens is 430 g/mol. The Bertz CT molecular complexity index is 1310. The molecule has 170 valence electrons. The Hall–Kier alpha value is -2.97. The highest BCUT2D eigenvalue weighted by Gasteiger charge is 2.29. The van der Waals surface area contributed by atoms with Crippen LogP contribution in [0.15, 0.2) is 56.6 Å². The number of sulfonamides is 1. The van der Waals surface area contributed by atoms with E-state index in [1.807, 2.05) is 20.8 Å².